The lowest BCUT2D eigenvalue weighted by atomic mass is 9.85. The highest BCUT2D eigenvalue weighted by Gasteiger charge is 2.61. The molecule has 56 heavy (non-hydrogen) atoms. The predicted octanol–water partition coefficient (Wildman–Crippen LogP) is 6.27. The number of carbonyl (C=O) groups is 4. The van der Waals surface area contributed by atoms with E-state index in [-0.39, 0.29) is 31.5 Å². The zero-order valence-electron chi connectivity index (χ0n) is 32.4. The first-order chi connectivity index (χ1) is 26.5. The molecule has 3 aliphatic carbocycles. The number of nitrogens with one attached hydrogen (secondary N) is 3. The molecule has 8 atom stereocenters. The minimum Gasteiger partial charge on any atom is -0.497 e. The number of amides is 3. The van der Waals surface area contributed by atoms with Crippen molar-refractivity contribution in [1.29, 1.82) is 0 Å². The van der Waals surface area contributed by atoms with E-state index in [0.29, 0.717) is 55.1 Å². The Bertz CT molecular complexity index is 2060. The minimum absolute atomic E-state index is 0.0351. The Morgan fingerprint density at radius 2 is 1.82 bits per heavy atom. The summed E-state index contributed by atoms with van der Waals surface area (Å²) >= 11 is 7.99. The Hall–Kier alpha value is -4.63. The lowest BCUT2D eigenvalue weighted by Crippen LogP contribution is -2.59. The molecule has 300 valence electrons. The van der Waals surface area contributed by atoms with Crippen LogP contribution in [0.4, 0.5) is 9.93 Å². The highest BCUT2D eigenvalue weighted by atomic mass is 35.5. The number of thiazole rings is 1. The lowest BCUT2D eigenvalue weighted by molar-refractivity contribution is -0.146. The van der Waals surface area contributed by atoms with E-state index in [2.05, 4.69) is 22.5 Å². The van der Waals surface area contributed by atoms with Crippen LogP contribution in [0, 0.1) is 23.2 Å². The molecule has 3 aromatic rings. The third kappa shape index (κ3) is 7.97. The van der Waals surface area contributed by atoms with E-state index in [0.717, 1.165) is 12.8 Å². The number of hydrogen-bond donors (Lipinski definition) is 4. The van der Waals surface area contributed by atoms with Gasteiger partial charge in [-0.2, -0.15) is 0 Å². The van der Waals surface area contributed by atoms with Gasteiger partial charge in [0.15, 0.2) is 5.13 Å². The SMILES string of the molecule is C=C[C@@H]1C[C@]1(NC(=O)[C@@H]1C[C@@H](Oc2cc(-c3nc(NC(C)C)sc3Cl)nc3cc(OC)ccc23)CN1C(=O)[C@@H](NC(=O)OC1C[C@@H]2C[C@@H]2C1)C(C)(C)C)C(=O)O. The fraction of sp³-hybridized carbons (Fsp3) is 0.550. The first-order valence-corrected chi connectivity index (χ1v) is 20.2. The first-order valence-electron chi connectivity index (χ1n) is 19.0. The smallest absolute Gasteiger partial charge is 0.408 e. The maximum Gasteiger partial charge on any atom is 0.408 e. The van der Waals surface area contributed by atoms with Gasteiger partial charge in [0.25, 0.3) is 0 Å². The second-order valence-corrected chi connectivity index (χ2v) is 18.4. The molecule has 0 bridgehead atoms. The Balaban J connectivity index is 1.20. The zero-order chi connectivity index (χ0) is 40.3. The van der Waals surface area contributed by atoms with Gasteiger partial charge in [0, 0.05) is 35.9 Å². The number of ether oxygens (including phenoxy) is 3. The van der Waals surface area contributed by atoms with Gasteiger partial charge < -0.3 is 40.2 Å². The van der Waals surface area contributed by atoms with Gasteiger partial charge in [0.2, 0.25) is 11.8 Å². The standard InChI is InChI=1S/C40H49ClN6O8S/c1-8-22-17-40(22,36(50)51)46-34(48)29-15-25(18-47(29)35(49)32(39(4,5)6)45-38(52)55-24-12-20-11-21(20)13-24)54-30-16-28(31-33(41)56-37(44-31)42-19(2)3)43-27-14-23(53-7)9-10-26(27)30/h8-10,14,16,19-22,24-25,29,32H,1,11-13,15,17-18H2,2-7H3,(H,42,44)(H,45,52)(H,46,48)(H,50,51)/t20-,21+,22-,24?,25-,29+,32-,40-/m1/s1. The number of carboxylic acid groups (broad SMARTS) is 1. The maximum absolute atomic E-state index is 14.6. The molecule has 3 amide bonds. The van der Waals surface area contributed by atoms with Crippen molar-refractivity contribution >= 4 is 62.8 Å². The van der Waals surface area contributed by atoms with Gasteiger partial charge in [-0.1, -0.05) is 49.8 Å². The van der Waals surface area contributed by atoms with E-state index in [9.17, 15) is 24.3 Å². The van der Waals surface area contributed by atoms with E-state index in [1.54, 1.807) is 25.3 Å². The van der Waals surface area contributed by atoms with Crippen LogP contribution in [0.25, 0.3) is 22.3 Å². The number of methoxy groups -OCH3 is 1. The predicted molar refractivity (Wildman–Crippen MR) is 212 cm³/mol. The van der Waals surface area contributed by atoms with Crippen LogP contribution in [0.5, 0.6) is 11.5 Å². The number of benzene rings is 1. The van der Waals surface area contributed by atoms with Crippen molar-refractivity contribution in [2.45, 2.75) is 103 Å². The van der Waals surface area contributed by atoms with E-state index < -0.39 is 58.9 Å². The molecule has 3 saturated carbocycles. The summed E-state index contributed by atoms with van der Waals surface area (Å²) < 4.78 is 18.4. The molecule has 1 saturated heterocycles. The van der Waals surface area contributed by atoms with Crippen LogP contribution in [0.2, 0.25) is 4.34 Å². The second-order valence-electron chi connectivity index (χ2n) is 16.8. The van der Waals surface area contributed by atoms with Crippen molar-refractivity contribution in [3.05, 3.63) is 41.3 Å². The number of pyridine rings is 1. The van der Waals surface area contributed by atoms with Gasteiger partial charge in [0.05, 0.1) is 24.9 Å². The van der Waals surface area contributed by atoms with E-state index in [4.69, 9.17) is 35.8 Å². The Labute approximate surface area is 334 Å². The summed E-state index contributed by atoms with van der Waals surface area (Å²) in [6, 6.07) is 5.03. The molecule has 2 aromatic heterocycles. The largest absolute Gasteiger partial charge is 0.497 e. The monoisotopic (exact) mass is 808 g/mol. The van der Waals surface area contributed by atoms with Crippen LogP contribution in [-0.2, 0) is 19.1 Å². The number of carbonyl (C=O) groups excluding carboxylic acids is 3. The number of carboxylic acids is 1. The summed E-state index contributed by atoms with van der Waals surface area (Å²) in [7, 11) is 1.56. The minimum atomic E-state index is -1.52. The second kappa shape index (κ2) is 15.0. The fourth-order valence-corrected chi connectivity index (χ4v) is 9.24. The van der Waals surface area contributed by atoms with Gasteiger partial charge in [0.1, 0.15) is 51.4 Å². The lowest BCUT2D eigenvalue weighted by Gasteiger charge is -2.35. The van der Waals surface area contributed by atoms with Gasteiger partial charge >= 0.3 is 12.1 Å². The van der Waals surface area contributed by atoms with Crippen molar-refractivity contribution < 1.29 is 38.5 Å². The van der Waals surface area contributed by atoms with Crippen molar-refractivity contribution in [2.75, 3.05) is 19.0 Å². The zero-order valence-corrected chi connectivity index (χ0v) is 34.0. The molecule has 16 heteroatoms. The highest BCUT2D eigenvalue weighted by molar-refractivity contribution is 7.20. The number of halogens is 1. The molecule has 4 fully saturated rings. The third-order valence-electron chi connectivity index (χ3n) is 11.2. The van der Waals surface area contributed by atoms with Gasteiger partial charge in [-0.3, -0.25) is 9.59 Å². The van der Waals surface area contributed by atoms with Crippen LogP contribution in [0.15, 0.2) is 36.9 Å². The molecular weight excluding hydrogens is 760 g/mol. The summed E-state index contributed by atoms with van der Waals surface area (Å²) in [6.45, 7) is 13.2. The molecule has 0 radical (unpaired) electrons. The molecule has 3 heterocycles. The average Bonchev–Trinajstić information content (AvgIpc) is 3.86. The summed E-state index contributed by atoms with van der Waals surface area (Å²) in [5.41, 5.74) is -0.864. The fourth-order valence-electron chi connectivity index (χ4n) is 8.04. The van der Waals surface area contributed by atoms with Gasteiger partial charge in [-0.15, -0.1) is 6.58 Å². The summed E-state index contributed by atoms with van der Waals surface area (Å²) in [5, 5.41) is 20.2. The topological polar surface area (TPSA) is 181 Å². The molecule has 1 aromatic carbocycles. The normalized spacial score (nSPS) is 27.0. The molecule has 7 rings (SSSR count). The molecule has 1 unspecified atom stereocenters. The third-order valence-corrected chi connectivity index (χ3v) is 12.4. The van der Waals surface area contributed by atoms with E-state index in [1.165, 1.54) is 28.7 Å². The van der Waals surface area contributed by atoms with Crippen molar-refractivity contribution in [3.8, 4) is 22.9 Å². The number of hydrogen-bond acceptors (Lipinski definition) is 11. The number of aromatic nitrogens is 2. The number of rotatable bonds is 13. The molecular formula is C40H49ClN6O8S. The number of nitrogens with zero attached hydrogens (tertiary/aromatic N) is 3. The Kier molecular flexibility index (Phi) is 10.6. The number of aliphatic carboxylic acids is 1. The maximum atomic E-state index is 14.6. The van der Waals surface area contributed by atoms with Gasteiger partial charge in [-0.25, -0.2) is 19.6 Å². The number of fused-ring (bicyclic) bond motifs is 2. The van der Waals surface area contributed by atoms with Crippen LogP contribution >= 0.6 is 22.9 Å². The first kappa shape index (κ1) is 39.6. The highest BCUT2D eigenvalue weighted by Crippen LogP contribution is 2.52. The molecule has 1 aliphatic heterocycles. The van der Waals surface area contributed by atoms with Crippen LogP contribution in [-0.4, -0.2) is 93.4 Å². The molecule has 14 nitrogen and oxygen atoms in total. The molecule has 0 spiro atoms. The van der Waals surface area contributed by atoms with Crippen molar-refractivity contribution in [2.24, 2.45) is 23.2 Å². The van der Waals surface area contributed by atoms with Crippen molar-refractivity contribution in [3.63, 3.8) is 0 Å². The number of anilines is 1. The average molecular weight is 809 g/mol. The van der Waals surface area contributed by atoms with E-state index in [1.807, 2.05) is 40.7 Å². The van der Waals surface area contributed by atoms with Crippen LogP contribution in [0.1, 0.15) is 66.7 Å². The quantitative estimate of drug-likeness (QED) is 0.143. The van der Waals surface area contributed by atoms with E-state index >= 15 is 0 Å². The summed E-state index contributed by atoms with van der Waals surface area (Å²) in [4.78, 5) is 65.4. The molecule has 4 aliphatic rings. The van der Waals surface area contributed by atoms with Gasteiger partial charge in [-0.05, 0) is 68.9 Å². The summed E-state index contributed by atoms with van der Waals surface area (Å²) in [5.74, 6) is -0.613. The van der Waals surface area contributed by atoms with Crippen LogP contribution < -0.4 is 25.4 Å². The Morgan fingerprint density at radius 3 is 2.45 bits per heavy atom. The van der Waals surface area contributed by atoms with Crippen LogP contribution in [0.3, 0.4) is 0 Å². The Morgan fingerprint density at radius 1 is 1.09 bits per heavy atom. The number of likely N-dealkylation sites (tertiary alicyclic amines) is 1. The molecule has 4 N–H and O–H groups in total. The number of alkyl carbamates (subject to hydrolysis) is 1. The van der Waals surface area contributed by atoms with Crippen molar-refractivity contribution in [1.82, 2.24) is 25.5 Å². The summed E-state index contributed by atoms with van der Waals surface area (Å²) in [6.07, 6.45) is 2.92.